The van der Waals surface area contributed by atoms with Crippen molar-refractivity contribution in [2.75, 3.05) is 40.4 Å². The molecule has 1 atom stereocenters. The van der Waals surface area contributed by atoms with Crippen LogP contribution in [0.2, 0.25) is 5.02 Å². The van der Waals surface area contributed by atoms with Crippen LogP contribution in [0.3, 0.4) is 0 Å². The molecule has 3 heterocycles. The number of ether oxygens (including phenoxy) is 2. The van der Waals surface area contributed by atoms with E-state index in [4.69, 9.17) is 30.3 Å². The maximum atomic E-state index is 12.9. The lowest BCUT2D eigenvalue weighted by Crippen LogP contribution is -2.52. The van der Waals surface area contributed by atoms with Gasteiger partial charge in [-0.15, -0.1) is 0 Å². The molecule has 0 bridgehead atoms. The van der Waals surface area contributed by atoms with Crippen molar-refractivity contribution in [3.05, 3.63) is 53.0 Å². The molecule has 0 spiro atoms. The van der Waals surface area contributed by atoms with Gasteiger partial charge in [0.05, 0.1) is 31.2 Å². The van der Waals surface area contributed by atoms with Crippen molar-refractivity contribution in [3.8, 4) is 11.5 Å². The number of piperazine rings is 1. The van der Waals surface area contributed by atoms with Gasteiger partial charge in [-0.3, -0.25) is 19.9 Å². The quantitative estimate of drug-likeness (QED) is 0.750. The number of carbonyl (C=O) groups excluding carboxylic acids is 2. The van der Waals surface area contributed by atoms with Gasteiger partial charge in [0.25, 0.3) is 11.8 Å². The van der Waals surface area contributed by atoms with Crippen molar-refractivity contribution in [1.82, 2.24) is 15.3 Å². The van der Waals surface area contributed by atoms with Crippen LogP contribution in [0.5, 0.6) is 11.5 Å². The monoisotopic (exact) mass is 447 g/mol. The Hall–Kier alpha value is -3.17. The van der Waals surface area contributed by atoms with E-state index in [0.29, 0.717) is 59.7 Å². The van der Waals surface area contributed by atoms with Crippen LogP contribution in [-0.4, -0.2) is 68.1 Å². The van der Waals surface area contributed by atoms with Crippen molar-refractivity contribution in [2.24, 2.45) is 0 Å². The van der Waals surface area contributed by atoms with Gasteiger partial charge in [-0.1, -0.05) is 11.6 Å². The zero-order valence-corrected chi connectivity index (χ0v) is 17.8. The molecule has 2 aliphatic heterocycles. The molecule has 4 rings (SSSR count). The van der Waals surface area contributed by atoms with E-state index in [2.05, 4.69) is 5.48 Å². The van der Waals surface area contributed by atoms with Crippen molar-refractivity contribution >= 4 is 29.1 Å². The number of hydroxylamine groups is 1. The molecular weight excluding hydrogens is 426 g/mol. The van der Waals surface area contributed by atoms with Gasteiger partial charge >= 0.3 is 0 Å². The minimum Gasteiger partial charge on any atom is -0.496 e. The lowest BCUT2D eigenvalue weighted by atomic mass is 10.1. The molecule has 10 heteroatoms. The molecule has 0 radical (unpaired) electrons. The maximum absolute atomic E-state index is 12.9. The maximum Gasteiger partial charge on any atom is 0.289 e. The number of nitrogens with one attached hydrogen (secondary N) is 1. The van der Waals surface area contributed by atoms with Crippen molar-refractivity contribution in [3.63, 3.8) is 0 Å². The molecule has 31 heavy (non-hydrogen) atoms. The second-order valence-corrected chi connectivity index (χ2v) is 7.41. The molecule has 1 aromatic carbocycles. The van der Waals surface area contributed by atoms with Gasteiger partial charge in [0.2, 0.25) is 0 Å². The zero-order valence-electron chi connectivity index (χ0n) is 17.1. The third kappa shape index (κ3) is 4.19. The van der Waals surface area contributed by atoms with Gasteiger partial charge in [-0.05, 0) is 24.3 Å². The molecule has 1 N–H and O–H groups in total. The highest BCUT2D eigenvalue weighted by Gasteiger charge is 2.33. The fourth-order valence-electron chi connectivity index (χ4n) is 3.55. The summed E-state index contributed by atoms with van der Waals surface area (Å²) in [5.74, 6) is 0.939. The first kappa shape index (κ1) is 21.1. The molecule has 2 aromatic rings. The van der Waals surface area contributed by atoms with Crippen molar-refractivity contribution in [2.45, 2.75) is 6.10 Å². The van der Waals surface area contributed by atoms with Crippen LogP contribution in [0.4, 0.5) is 0 Å². The first-order chi connectivity index (χ1) is 15.0. The number of rotatable bonds is 5. The second kappa shape index (κ2) is 8.91. The number of benzene rings is 1. The lowest BCUT2D eigenvalue weighted by molar-refractivity contribution is -0.143. The summed E-state index contributed by atoms with van der Waals surface area (Å²) >= 11 is 6.24. The molecule has 1 saturated heterocycles. The molecule has 0 aliphatic carbocycles. The Kier molecular flexibility index (Phi) is 6.06. The molecule has 0 unspecified atom stereocenters. The number of methoxy groups -OCH3 is 2. The first-order valence-electron chi connectivity index (χ1n) is 9.68. The number of hydrogen-bond donors (Lipinski definition) is 1. The SMILES string of the molecule is COc1cc(OC)c(C2=C[C@@H](C(=O)N3CCN(C(=O)c4ccco4)CC3)ON2)cc1Cl. The molecule has 1 aromatic heterocycles. The van der Waals surface area contributed by atoms with Crippen LogP contribution < -0.4 is 15.0 Å². The van der Waals surface area contributed by atoms with Crippen LogP contribution >= 0.6 is 11.6 Å². The van der Waals surface area contributed by atoms with E-state index in [1.54, 1.807) is 40.1 Å². The highest BCUT2D eigenvalue weighted by atomic mass is 35.5. The van der Waals surface area contributed by atoms with Crippen LogP contribution in [0.15, 0.2) is 41.0 Å². The summed E-state index contributed by atoms with van der Waals surface area (Å²) in [4.78, 5) is 34.2. The third-order valence-corrected chi connectivity index (χ3v) is 5.53. The van der Waals surface area contributed by atoms with Gasteiger partial charge in [0.15, 0.2) is 11.9 Å². The topological polar surface area (TPSA) is 93.5 Å². The molecule has 2 amide bonds. The predicted molar refractivity (Wildman–Crippen MR) is 112 cm³/mol. The first-order valence-corrected chi connectivity index (χ1v) is 10.1. The predicted octanol–water partition coefficient (Wildman–Crippen LogP) is 2.18. The van der Waals surface area contributed by atoms with Crippen LogP contribution in [-0.2, 0) is 9.63 Å². The van der Waals surface area contributed by atoms with Gasteiger partial charge in [0, 0.05) is 37.8 Å². The van der Waals surface area contributed by atoms with Crippen LogP contribution in [0.25, 0.3) is 5.70 Å². The molecule has 164 valence electrons. The number of nitrogens with zero attached hydrogens (tertiary/aromatic N) is 2. The Balaban J connectivity index is 1.42. The smallest absolute Gasteiger partial charge is 0.289 e. The Morgan fingerprint density at radius 2 is 1.81 bits per heavy atom. The summed E-state index contributed by atoms with van der Waals surface area (Å²) in [7, 11) is 3.06. The fraction of sp³-hybridized carbons (Fsp3) is 0.333. The van der Waals surface area contributed by atoms with E-state index in [0.717, 1.165) is 0 Å². The van der Waals surface area contributed by atoms with Crippen LogP contribution in [0.1, 0.15) is 16.1 Å². The molecule has 9 nitrogen and oxygen atoms in total. The van der Waals surface area contributed by atoms with E-state index in [1.807, 2.05) is 0 Å². The van der Waals surface area contributed by atoms with E-state index < -0.39 is 6.10 Å². The summed E-state index contributed by atoms with van der Waals surface area (Å²) in [6.07, 6.45) is 2.35. The molecule has 1 fully saturated rings. The number of hydrogen-bond acceptors (Lipinski definition) is 7. The zero-order chi connectivity index (χ0) is 22.0. The number of halogens is 1. The molecule has 0 saturated carbocycles. The number of furan rings is 1. The largest absolute Gasteiger partial charge is 0.496 e. The normalized spacial score (nSPS) is 18.4. The van der Waals surface area contributed by atoms with E-state index in [-0.39, 0.29) is 11.8 Å². The Morgan fingerprint density at radius 1 is 1.10 bits per heavy atom. The number of carbonyl (C=O) groups is 2. The molecule has 2 aliphatic rings. The van der Waals surface area contributed by atoms with Crippen LogP contribution in [0, 0.1) is 0 Å². The lowest BCUT2D eigenvalue weighted by Gasteiger charge is -2.35. The Labute approximate surface area is 184 Å². The molecular formula is C21H22ClN3O6. The van der Waals surface area contributed by atoms with Gasteiger partial charge in [-0.25, -0.2) is 0 Å². The van der Waals surface area contributed by atoms with E-state index in [1.165, 1.54) is 20.5 Å². The van der Waals surface area contributed by atoms with E-state index >= 15 is 0 Å². The highest BCUT2D eigenvalue weighted by molar-refractivity contribution is 6.32. The highest BCUT2D eigenvalue weighted by Crippen LogP contribution is 2.36. The minimum absolute atomic E-state index is 0.179. The number of amides is 2. The van der Waals surface area contributed by atoms with E-state index in [9.17, 15) is 9.59 Å². The second-order valence-electron chi connectivity index (χ2n) is 7.00. The summed E-state index contributed by atoms with van der Waals surface area (Å²) in [5, 5.41) is 0.410. The summed E-state index contributed by atoms with van der Waals surface area (Å²) in [5.41, 5.74) is 4.01. The minimum atomic E-state index is -0.798. The van der Waals surface area contributed by atoms with Crippen molar-refractivity contribution in [1.29, 1.82) is 0 Å². The summed E-state index contributed by atoms with van der Waals surface area (Å²) < 4.78 is 15.8. The van der Waals surface area contributed by atoms with Gasteiger partial charge < -0.3 is 23.7 Å². The van der Waals surface area contributed by atoms with Crippen molar-refractivity contribution < 1.29 is 28.3 Å². The Morgan fingerprint density at radius 3 is 2.45 bits per heavy atom. The third-order valence-electron chi connectivity index (χ3n) is 5.23. The van der Waals surface area contributed by atoms with Gasteiger partial charge in [-0.2, -0.15) is 0 Å². The summed E-state index contributed by atoms with van der Waals surface area (Å²) in [6.45, 7) is 1.66. The summed E-state index contributed by atoms with van der Waals surface area (Å²) in [6, 6.07) is 6.66. The standard InChI is InChI=1S/C21H22ClN3O6/c1-28-17-12-18(29-2)14(22)10-13(17)15-11-19(31-23-15)21(27)25-7-5-24(6-8-25)20(26)16-4-3-9-30-16/h3-4,9-12,19,23H,5-8H2,1-2H3/t19-/m0/s1. The van der Waals surface area contributed by atoms with Gasteiger partial charge in [0.1, 0.15) is 11.5 Å². The Bertz CT molecular complexity index is 999. The average molecular weight is 448 g/mol. The average Bonchev–Trinajstić information content (AvgIpc) is 3.50. The fourth-order valence-corrected chi connectivity index (χ4v) is 3.79.